The molecule has 0 radical (unpaired) electrons. The molecule has 4 N–H and O–H groups in total. The highest BCUT2D eigenvalue weighted by molar-refractivity contribution is 6.31. The van der Waals surface area contributed by atoms with Crippen LogP contribution in [0.4, 0.5) is 17.6 Å². The first-order valence-corrected chi connectivity index (χ1v) is 18.7. The van der Waals surface area contributed by atoms with E-state index in [1.54, 1.807) is 29.7 Å². The van der Waals surface area contributed by atoms with Gasteiger partial charge in [-0.1, -0.05) is 23.2 Å². The molecule has 19 heteroatoms. The highest BCUT2D eigenvalue weighted by Gasteiger charge is 2.42. The predicted octanol–water partition coefficient (Wildman–Crippen LogP) is 6.29. The van der Waals surface area contributed by atoms with E-state index < -0.39 is 29.1 Å². The Hall–Kier alpha value is -4.50. The first-order chi connectivity index (χ1) is 27.1. The van der Waals surface area contributed by atoms with Crippen LogP contribution in [0.15, 0.2) is 61.2 Å². The van der Waals surface area contributed by atoms with Gasteiger partial charge in [-0.05, 0) is 61.4 Å². The van der Waals surface area contributed by atoms with E-state index in [0.717, 1.165) is 23.3 Å². The second-order valence-corrected chi connectivity index (χ2v) is 14.5. The van der Waals surface area contributed by atoms with E-state index in [1.165, 1.54) is 35.2 Å². The number of carbonyl (C=O) groups is 2. The lowest BCUT2D eigenvalue weighted by atomic mass is 9.88. The average molecular weight is 869 g/mol. The largest absolute Gasteiger partial charge is 0.375 e. The molecule has 2 aliphatic rings. The standard InChI is InChI=1S/C19H21ClF2N4O.C14H13ClF2N2O2.C6H9N3.ClH/c1-13-9-24-17(25-10-13)11-23-12-19(22)4-6-26(7-5-19)18(27)14-2-3-16(21)15(20)8-14;15-10-7-9(1-2-11(10)16)13(21)19-5-3-14(17,4-6-19)12(20)8-18;1-5-3-8-6(2-7)9-4-5;/h2-3,8-10,23H,4-7,11-12H2,1H3;1-2,7,12,20H,3-6H2;3-4H,2,7H2,1H3;1H. The van der Waals surface area contributed by atoms with Crippen molar-refractivity contribution >= 4 is 47.4 Å². The predicted molar refractivity (Wildman–Crippen MR) is 213 cm³/mol. The van der Waals surface area contributed by atoms with E-state index in [0.29, 0.717) is 43.4 Å². The molecule has 1 atom stereocenters. The number of hydrogen-bond donors (Lipinski definition) is 3. The summed E-state index contributed by atoms with van der Waals surface area (Å²) in [4.78, 5) is 43.9. The van der Waals surface area contributed by atoms with Gasteiger partial charge in [0.2, 0.25) is 0 Å². The Balaban J connectivity index is 0.000000257. The van der Waals surface area contributed by atoms with Gasteiger partial charge in [-0.25, -0.2) is 37.5 Å². The Morgan fingerprint density at radius 3 is 1.64 bits per heavy atom. The minimum Gasteiger partial charge on any atom is -0.375 e. The molecule has 0 aliphatic carbocycles. The normalized spacial score (nSPS) is 15.9. The summed E-state index contributed by atoms with van der Waals surface area (Å²) in [6.07, 6.45) is 5.48. The van der Waals surface area contributed by atoms with Crippen LogP contribution in [-0.4, -0.2) is 96.8 Å². The van der Waals surface area contributed by atoms with Gasteiger partial charge in [-0.15, -0.1) is 12.4 Å². The first kappa shape index (κ1) is 47.9. The molecule has 2 aromatic carbocycles. The fourth-order valence-corrected chi connectivity index (χ4v) is 6.18. The average Bonchev–Trinajstić information content (AvgIpc) is 3.21. The zero-order chi connectivity index (χ0) is 41.8. The number of aryl methyl sites for hydroxylation is 2. The third-order valence-corrected chi connectivity index (χ3v) is 9.93. The lowest BCUT2D eigenvalue weighted by Crippen LogP contribution is -2.49. The summed E-state index contributed by atoms with van der Waals surface area (Å²) in [6.45, 7) is 5.58. The molecule has 4 heterocycles. The monoisotopic (exact) mass is 867 g/mol. The van der Waals surface area contributed by atoms with Gasteiger partial charge < -0.3 is 26.0 Å². The second kappa shape index (κ2) is 22.0. The number of carbonyl (C=O) groups excluding carboxylic acids is 2. The fourth-order valence-electron chi connectivity index (χ4n) is 5.82. The SMILES string of the molecule is Cc1cnc(CN)nc1.Cc1cnc(CNCC2(F)CCN(C(=O)c3ccc(F)c(Cl)c3)CC2)nc1.Cl.N#CC(O)C1(F)CCN(C(=O)c2ccc(F)c(Cl)c2)CC1. The maximum Gasteiger partial charge on any atom is 0.253 e. The Morgan fingerprint density at radius 1 is 0.828 bits per heavy atom. The fraction of sp³-hybridized carbons (Fsp3) is 0.410. The molecule has 6 rings (SSSR count). The lowest BCUT2D eigenvalue weighted by Gasteiger charge is -2.37. The number of halogens is 7. The lowest BCUT2D eigenvalue weighted by molar-refractivity contribution is -0.0201. The third kappa shape index (κ3) is 13.5. The summed E-state index contributed by atoms with van der Waals surface area (Å²) < 4.78 is 55.5. The summed E-state index contributed by atoms with van der Waals surface area (Å²) >= 11 is 11.4. The number of rotatable bonds is 8. The number of benzene rings is 2. The minimum absolute atomic E-state index is 0. The smallest absolute Gasteiger partial charge is 0.253 e. The molecular formula is C39H44Cl3F4N9O3. The number of hydrogen-bond acceptors (Lipinski definition) is 10. The summed E-state index contributed by atoms with van der Waals surface area (Å²) in [5, 5.41) is 20.7. The molecule has 58 heavy (non-hydrogen) atoms. The van der Waals surface area contributed by atoms with Gasteiger partial charge in [0, 0.05) is 94.3 Å². The van der Waals surface area contributed by atoms with Gasteiger partial charge in [0.15, 0.2) is 11.8 Å². The number of nitriles is 1. The number of nitrogens with zero attached hydrogens (tertiary/aromatic N) is 7. The van der Waals surface area contributed by atoms with Crippen LogP contribution in [-0.2, 0) is 13.1 Å². The van der Waals surface area contributed by atoms with Crippen LogP contribution in [0.1, 0.15) is 69.2 Å². The van der Waals surface area contributed by atoms with E-state index in [4.69, 9.17) is 34.2 Å². The number of nitrogens with two attached hydrogens (primary N) is 1. The third-order valence-electron chi connectivity index (χ3n) is 9.35. The Labute approximate surface area is 350 Å². The summed E-state index contributed by atoms with van der Waals surface area (Å²) in [6, 6.07) is 8.97. The number of piperidine rings is 2. The van der Waals surface area contributed by atoms with Crippen LogP contribution in [0.25, 0.3) is 0 Å². The molecule has 4 aromatic rings. The van der Waals surface area contributed by atoms with Gasteiger partial charge in [0.25, 0.3) is 11.8 Å². The van der Waals surface area contributed by atoms with Crippen molar-refractivity contribution in [2.75, 3.05) is 32.7 Å². The van der Waals surface area contributed by atoms with Crippen molar-refractivity contribution < 1.29 is 32.3 Å². The van der Waals surface area contributed by atoms with Gasteiger partial charge in [0.05, 0.1) is 29.2 Å². The molecular weight excluding hydrogens is 825 g/mol. The quantitative estimate of drug-likeness (QED) is 0.135. The topological polar surface area (TPSA) is 174 Å². The molecule has 2 amide bonds. The summed E-state index contributed by atoms with van der Waals surface area (Å²) in [7, 11) is 0. The molecule has 0 spiro atoms. The Bertz CT molecular complexity index is 2010. The van der Waals surface area contributed by atoms with Crippen LogP contribution in [0.2, 0.25) is 10.0 Å². The molecule has 2 aliphatic heterocycles. The highest BCUT2D eigenvalue weighted by Crippen LogP contribution is 2.31. The molecule has 0 bridgehead atoms. The molecule has 12 nitrogen and oxygen atoms in total. The van der Waals surface area contributed by atoms with Crippen LogP contribution in [0, 0.1) is 36.8 Å². The van der Waals surface area contributed by atoms with Gasteiger partial charge in [-0.2, -0.15) is 5.26 Å². The van der Waals surface area contributed by atoms with Gasteiger partial charge in [0.1, 0.15) is 29.0 Å². The van der Waals surface area contributed by atoms with E-state index in [1.807, 2.05) is 13.8 Å². The molecule has 0 saturated carbocycles. The molecule has 1 unspecified atom stereocenters. The number of aliphatic hydroxyl groups is 1. The number of aliphatic hydroxyl groups excluding tert-OH is 1. The highest BCUT2D eigenvalue weighted by atomic mass is 35.5. The van der Waals surface area contributed by atoms with E-state index in [2.05, 4.69) is 25.3 Å². The number of aromatic nitrogens is 4. The van der Waals surface area contributed by atoms with Gasteiger partial charge in [-0.3, -0.25) is 9.59 Å². The van der Waals surface area contributed by atoms with Crippen LogP contribution in [0.5, 0.6) is 0 Å². The number of nitrogens with one attached hydrogen (secondary N) is 1. The van der Waals surface area contributed by atoms with Gasteiger partial charge >= 0.3 is 0 Å². The van der Waals surface area contributed by atoms with Crippen molar-refractivity contribution in [1.82, 2.24) is 35.1 Å². The van der Waals surface area contributed by atoms with Crippen molar-refractivity contribution in [2.45, 2.75) is 70.1 Å². The van der Waals surface area contributed by atoms with Crippen molar-refractivity contribution in [3.05, 3.63) is 117 Å². The zero-order valence-corrected chi connectivity index (χ0v) is 34.1. The molecule has 2 aromatic heterocycles. The second-order valence-electron chi connectivity index (χ2n) is 13.7. The summed E-state index contributed by atoms with van der Waals surface area (Å²) in [5.41, 5.74) is 4.45. The van der Waals surface area contributed by atoms with E-state index in [9.17, 15) is 32.3 Å². The van der Waals surface area contributed by atoms with E-state index >= 15 is 0 Å². The van der Waals surface area contributed by atoms with Crippen molar-refractivity contribution in [2.24, 2.45) is 5.73 Å². The van der Waals surface area contributed by atoms with Crippen LogP contribution >= 0.6 is 35.6 Å². The number of likely N-dealkylation sites (tertiary alicyclic amines) is 2. The number of amides is 2. The van der Waals surface area contributed by atoms with Crippen molar-refractivity contribution in [1.29, 1.82) is 5.26 Å². The summed E-state index contributed by atoms with van der Waals surface area (Å²) in [5.74, 6) is -0.527. The van der Waals surface area contributed by atoms with Crippen LogP contribution in [0.3, 0.4) is 0 Å². The minimum atomic E-state index is -1.99. The van der Waals surface area contributed by atoms with Crippen LogP contribution < -0.4 is 11.1 Å². The molecule has 2 fully saturated rings. The Morgan fingerprint density at radius 2 is 1.24 bits per heavy atom. The maximum atomic E-state index is 15.0. The first-order valence-electron chi connectivity index (χ1n) is 18.0. The Kier molecular flexibility index (Phi) is 18.2. The molecule has 2 saturated heterocycles. The maximum absolute atomic E-state index is 15.0. The zero-order valence-electron chi connectivity index (χ0n) is 31.8. The van der Waals surface area contributed by atoms with Crippen molar-refractivity contribution in [3.8, 4) is 6.07 Å². The van der Waals surface area contributed by atoms with E-state index in [-0.39, 0.29) is 85.1 Å². The number of alkyl halides is 2. The van der Waals surface area contributed by atoms with Crippen molar-refractivity contribution in [3.63, 3.8) is 0 Å². The molecule has 312 valence electrons.